The second-order valence-corrected chi connectivity index (χ2v) is 7.02. The summed E-state index contributed by atoms with van der Waals surface area (Å²) in [5.41, 5.74) is 2.08. The molecule has 1 N–H and O–H groups in total. The zero-order valence-electron chi connectivity index (χ0n) is 16.0. The number of benzene rings is 2. The minimum Gasteiger partial charge on any atom is -0.375 e. The van der Waals surface area contributed by atoms with E-state index in [1.165, 1.54) is 11.0 Å². The van der Waals surface area contributed by atoms with Gasteiger partial charge in [0, 0.05) is 55.6 Å². The first-order valence-corrected chi connectivity index (χ1v) is 9.21. The van der Waals surface area contributed by atoms with Crippen molar-refractivity contribution in [2.45, 2.75) is 13.1 Å². The van der Waals surface area contributed by atoms with Gasteiger partial charge in [-0.05, 0) is 23.8 Å². The molecule has 0 saturated carbocycles. The molecule has 8 nitrogen and oxygen atoms in total. The zero-order chi connectivity index (χ0) is 21.0. The Labute approximate surface area is 172 Å². The molecule has 0 spiro atoms. The van der Waals surface area contributed by atoms with Crippen LogP contribution in [0.2, 0.25) is 5.02 Å². The van der Waals surface area contributed by atoms with Gasteiger partial charge >= 0.3 is 0 Å². The maximum absolute atomic E-state index is 12.7. The van der Waals surface area contributed by atoms with Gasteiger partial charge in [0.15, 0.2) is 0 Å². The summed E-state index contributed by atoms with van der Waals surface area (Å²) in [5.74, 6) is -0.311. The summed E-state index contributed by atoms with van der Waals surface area (Å²) in [6.45, 7) is 0.682. The van der Waals surface area contributed by atoms with Crippen molar-refractivity contribution in [3.05, 3.63) is 86.7 Å². The van der Waals surface area contributed by atoms with Gasteiger partial charge in [-0.3, -0.25) is 19.6 Å². The number of nitro benzene ring substituents is 1. The third-order valence-corrected chi connectivity index (χ3v) is 4.76. The molecule has 150 valence electrons. The van der Waals surface area contributed by atoms with E-state index in [1.807, 2.05) is 24.4 Å². The van der Waals surface area contributed by atoms with Crippen LogP contribution in [-0.2, 0) is 20.1 Å². The van der Waals surface area contributed by atoms with E-state index in [9.17, 15) is 14.9 Å². The number of aryl methyl sites for hydroxylation is 1. The number of carbonyl (C=O) groups excluding carboxylic acids is 1. The van der Waals surface area contributed by atoms with Crippen LogP contribution in [0.15, 0.2) is 54.9 Å². The van der Waals surface area contributed by atoms with Crippen LogP contribution in [0.3, 0.4) is 0 Å². The van der Waals surface area contributed by atoms with E-state index in [4.69, 9.17) is 11.6 Å². The molecule has 1 amide bonds. The molecule has 0 aliphatic rings. The van der Waals surface area contributed by atoms with Crippen molar-refractivity contribution < 1.29 is 9.72 Å². The first-order chi connectivity index (χ1) is 13.8. The van der Waals surface area contributed by atoms with Gasteiger partial charge in [0.05, 0.1) is 11.1 Å². The quantitative estimate of drug-likeness (QED) is 0.468. The van der Waals surface area contributed by atoms with E-state index in [0.717, 1.165) is 11.1 Å². The molecule has 2 aromatic carbocycles. The van der Waals surface area contributed by atoms with E-state index in [-0.39, 0.29) is 17.2 Å². The van der Waals surface area contributed by atoms with Crippen LogP contribution in [0.1, 0.15) is 21.5 Å². The highest BCUT2D eigenvalue weighted by Crippen LogP contribution is 2.27. The summed E-state index contributed by atoms with van der Waals surface area (Å²) in [6.07, 6.45) is 3.49. The fourth-order valence-electron chi connectivity index (χ4n) is 2.92. The minimum atomic E-state index is -0.507. The molecule has 0 unspecified atom stereocenters. The van der Waals surface area contributed by atoms with Crippen LogP contribution in [0.4, 0.5) is 11.4 Å². The van der Waals surface area contributed by atoms with Crippen molar-refractivity contribution in [1.29, 1.82) is 0 Å². The second kappa shape index (κ2) is 8.74. The summed E-state index contributed by atoms with van der Waals surface area (Å²) in [6, 6.07) is 11.7. The summed E-state index contributed by atoms with van der Waals surface area (Å²) in [7, 11) is 3.44. The highest BCUT2D eigenvalue weighted by atomic mass is 35.5. The molecule has 3 rings (SSSR count). The van der Waals surface area contributed by atoms with Gasteiger partial charge in [0.1, 0.15) is 5.69 Å². The van der Waals surface area contributed by atoms with E-state index < -0.39 is 4.92 Å². The molecule has 0 aliphatic heterocycles. The molecule has 0 bridgehead atoms. The van der Waals surface area contributed by atoms with E-state index in [0.29, 0.717) is 23.8 Å². The third-order valence-electron chi connectivity index (χ3n) is 4.39. The summed E-state index contributed by atoms with van der Waals surface area (Å²) < 4.78 is 1.65. The number of nitrogens with zero attached hydrogens (tertiary/aromatic N) is 4. The monoisotopic (exact) mass is 413 g/mol. The molecule has 29 heavy (non-hydrogen) atoms. The second-order valence-electron chi connectivity index (χ2n) is 6.62. The molecule has 0 fully saturated rings. The van der Waals surface area contributed by atoms with Crippen LogP contribution >= 0.6 is 11.6 Å². The number of amides is 1. The van der Waals surface area contributed by atoms with Gasteiger partial charge < -0.3 is 10.2 Å². The van der Waals surface area contributed by atoms with Crippen LogP contribution in [0.5, 0.6) is 0 Å². The minimum absolute atomic E-state index is 0.169. The molecule has 1 heterocycles. The maximum Gasteiger partial charge on any atom is 0.293 e. The Morgan fingerprint density at radius 2 is 2.07 bits per heavy atom. The summed E-state index contributed by atoms with van der Waals surface area (Å²) in [4.78, 5) is 25.2. The Morgan fingerprint density at radius 3 is 2.72 bits per heavy atom. The summed E-state index contributed by atoms with van der Waals surface area (Å²) in [5, 5.41) is 19.2. The van der Waals surface area contributed by atoms with Gasteiger partial charge in [-0.2, -0.15) is 5.10 Å². The molecule has 3 aromatic rings. The lowest BCUT2D eigenvalue weighted by molar-refractivity contribution is -0.384. The average molecular weight is 414 g/mol. The van der Waals surface area contributed by atoms with Crippen molar-refractivity contribution in [2.24, 2.45) is 7.05 Å². The van der Waals surface area contributed by atoms with E-state index in [1.54, 1.807) is 43.2 Å². The number of nitrogens with one attached hydrogen (secondary N) is 1. The number of halogens is 1. The van der Waals surface area contributed by atoms with Crippen LogP contribution in [-0.4, -0.2) is 32.6 Å². The summed E-state index contributed by atoms with van der Waals surface area (Å²) >= 11 is 6.13. The number of aromatic nitrogens is 2. The Morgan fingerprint density at radius 1 is 1.31 bits per heavy atom. The van der Waals surface area contributed by atoms with Gasteiger partial charge in [0.25, 0.3) is 11.6 Å². The fourth-order valence-corrected chi connectivity index (χ4v) is 3.12. The number of carbonyl (C=O) groups is 1. The normalized spacial score (nSPS) is 10.6. The largest absolute Gasteiger partial charge is 0.375 e. The third kappa shape index (κ3) is 4.91. The van der Waals surface area contributed by atoms with Crippen molar-refractivity contribution in [3.63, 3.8) is 0 Å². The highest BCUT2D eigenvalue weighted by Gasteiger charge is 2.20. The molecular weight excluding hydrogens is 394 g/mol. The predicted octanol–water partition coefficient (Wildman–Crippen LogP) is 3.87. The van der Waals surface area contributed by atoms with E-state index in [2.05, 4.69) is 10.4 Å². The molecule has 0 radical (unpaired) electrons. The van der Waals surface area contributed by atoms with Gasteiger partial charge in [-0.1, -0.05) is 29.8 Å². The average Bonchev–Trinajstić information content (AvgIpc) is 3.11. The Hall–Kier alpha value is -3.39. The lowest BCUT2D eigenvalue weighted by Crippen LogP contribution is -2.26. The van der Waals surface area contributed by atoms with Crippen molar-refractivity contribution >= 4 is 28.9 Å². The Kier molecular flexibility index (Phi) is 6.13. The number of hydrogen-bond acceptors (Lipinski definition) is 5. The van der Waals surface area contributed by atoms with Gasteiger partial charge in [0.2, 0.25) is 0 Å². The smallest absolute Gasteiger partial charge is 0.293 e. The van der Waals surface area contributed by atoms with Crippen molar-refractivity contribution in [3.8, 4) is 0 Å². The molecule has 0 aliphatic carbocycles. The van der Waals surface area contributed by atoms with Crippen molar-refractivity contribution in [1.82, 2.24) is 14.7 Å². The lowest BCUT2D eigenvalue weighted by Gasteiger charge is -2.17. The molecule has 1 aromatic heterocycles. The number of rotatable bonds is 7. The first kappa shape index (κ1) is 20.3. The molecule has 0 atom stereocenters. The van der Waals surface area contributed by atoms with Crippen molar-refractivity contribution in [2.75, 3.05) is 12.4 Å². The number of anilines is 1. The van der Waals surface area contributed by atoms with Crippen LogP contribution in [0.25, 0.3) is 0 Å². The first-order valence-electron chi connectivity index (χ1n) is 8.84. The fraction of sp³-hybridized carbons (Fsp3) is 0.200. The SMILES string of the molecule is CN(Cc1cnn(C)c1)C(=O)c1ccc(NCc2ccccc2Cl)c([N+](=O)[O-])c1. The lowest BCUT2D eigenvalue weighted by atomic mass is 10.1. The topological polar surface area (TPSA) is 93.3 Å². The number of nitro groups is 1. The zero-order valence-corrected chi connectivity index (χ0v) is 16.8. The van der Waals surface area contributed by atoms with Gasteiger partial charge in [-0.25, -0.2) is 0 Å². The van der Waals surface area contributed by atoms with Gasteiger partial charge in [-0.15, -0.1) is 0 Å². The maximum atomic E-state index is 12.7. The standard InChI is InChI=1S/C20H20ClN5O3/c1-24(12-14-10-23-25(2)13-14)20(27)15-7-8-18(19(9-15)26(28)29)22-11-16-5-3-4-6-17(16)21/h3-10,13,22H,11-12H2,1-2H3. The molecular formula is C20H20ClN5O3. The van der Waals surface area contributed by atoms with Crippen LogP contribution < -0.4 is 5.32 Å². The Bertz CT molecular complexity index is 1050. The highest BCUT2D eigenvalue weighted by molar-refractivity contribution is 6.31. The predicted molar refractivity (Wildman–Crippen MR) is 111 cm³/mol. The van der Waals surface area contributed by atoms with E-state index >= 15 is 0 Å². The molecule has 0 saturated heterocycles. The van der Waals surface area contributed by atoms with Crippen LogP contribution in [0, 0.1) is 10.1 Å². The Balaban J connectivity index is 1.77. The molecule has 9 heteroatoms. The number of hydrogen-bond donors (Lipinski definition) is 1.